The van der Waals surface area contributed by atoms with Crippen molar-refractivity contribution in [1.29, 1.82) is 0 Å². The van der Waals surface area contributed by atoms with Crippen molar-refractivity contribution >= 4 is 5.97 Å². The van der Waals surface area contributed by atoms with Crippen molar-refractivity contribution in [3.8, 4) is 5.75 Å². The van der Waals surface area contributed by atoms with Gasteiger partial charge in [-0.15, -0.1) is 0 Å². The Morgan fingerprint density at radius 3 is 2.75 bits per heavy atom. The molecular formula is C16H23NO3. The van der Waals surface area contributed by atoms with Crippen molar-refractivity contribution in [3.05, 3.63) is 29.8 Å². The van der Waals surface area contributed by atoms with Crippen LogP contribution in [-0.4, -0.2) is 31.8 Å². The number of hydrogen-bond acceptors (Lipinski definition) is 4. The van der Waals surface area contributed by atoms with E-state index in [-0.39, 0.29) is 23.5 Å². The van der Waals surface area contributed by atoms with Gasteiger partial charge in [0.1, 0.15) is 17.9 Å². The molecule has 0 aromatic heterocycles. The van der Waals surface area contributed by atoms with E-state index in [2.05, 4.69) is 38.2 Å². The molecule has 20 heavy (non-hydrogen) atoms. The molecule has 1 saturated heterocycles. The highest BCUT2D eigenvalue weighted by atomic mass is 16.5. The van der Waals surface area contributed by atoms with Gasteiger partial charge in [0, 0.05) is 13.0 Å². The van der Waals surface area contributed by atoms with E-state index in [9.17, 15) is 4.79 Å². The van der Waals surface area contributed by atoms with Crippen molar-refractivity contribution in [1.82, 2.24) is 5.32 Å². The first-order valence-electron chi connectivity index (χ1n) is 6.98. The molecule has 4 heteroatoms. The summed E-state index contributed by atoms with van der Waals surface area (Å²) in [5.74, 6) is 0.634. The summed E-state index contributed by atoms with van der Waals surface area (Å²) < 4.78 is 10.7. The number of methoxy groups -OCH3 is 1. The number of esters is 1. The Morgan fingerprint density at radius 1 is 1.35 bits per heavy atom. The Morgan fingerprint density at radius 2 is 2.10 bits per heavy atom. The van der Waals surface area contributed by atoms with Crippen LogP contribution in [0.4, 0.5) is 0 Å². The lowest BCUT2D eigenvalue weighted by Gasteiger charge is -2.21. The zero-order valence-electron chi connectivity index (χ0n) is 12.6. The molecule has 1 heterocycles. The van der Waals surface area contributed by atoms with E-state index in [0.29, 0.717) is 13.0 Å². The summed E-state index contributed by atoms with van der Waals surface area (Å²) in [5.41, 5.74) is 1.34. The average molecular weight is 277 g/mol. The first kappa shape index (κ1) is 14.9. The fourth-order valence-electron chi connectivity index (χ4n) is 2.34. The SMILES string of the molecule is COC(=O)C1CC(Oc2cccc(C(C)(C)C)c2)CN1. The monoisotopic (exact) mass is 277 g/mol. The Balaban J connectivity index is 2.00. The van der Waals surface area contributed by atoms with Crippen molar-refractivity contribution < 1.29 is 14.3 Å². The Kier molecular flexibility index (Phi) is 4.33. The molecule has 2 unspecified atom stereocenters. The van der Waals surface area contributed by atoms with Crippen molar-refractivity contribution in [2.24, 2.45) is 0 Å². The molecule has 0 radical (unpaired) electrons. The minimum Gasteiger partial charge on any atom is -0.489 e. The van der Waals surface area contributed by atoms with Gasteiger partial charge in [0.2, 0.25) is 0 Å². The molecule has 1 aliphatic heterocycles. The molecular weight excluding hydrogens is 254 g/mol. The van der Waals surface area contributed by atoms with Crippen molar-refractivity contribution in [2.75, 3.05) is 13.7 Å². The molecule has 0 saturated carbocycles. The molecule has 1 fully saturated rings. The molecule has 2 rings (SSSR count). The molecule has 2 atom stereocenters. The van der Waals surface area contributed by atoms with Crippen LogP contribution in [0.1, 0.15) is 32.8 Å². The third kappa shape index (κ3) is 3.51. The average Bonchev–Trinajstić information content (AvgIpc) is 2.85. The number of ether oxygens (including phenoxy) is 2. The molecule has 0 aliphatic carbocycles. The summed E-state index contributed by atoms with van der Waals surface area (Å²) in [7, 11) is 1.41. The highest BCUT2D eigenvalue weighted by molar-refractivity contribution is 5.76. The highest BCUT2D eigenvalue weighted by Gasteiger charge is 2.31. The van der Waals surface area contributed by atoms with E-state index < -0.39 is 0 Å². The van der Waals surface area contributed by atoms with Crippen LogP contribution in [0, 0.1) is 0 Å². The van der Waals surface area contributed by atoms with Crippen molar-refractivity contribution in [2.45, 2.75) is 44.8 Å². The number of rotatable bonds is 3. The summed E-state index contributed by atoms with van der Waals surface area (Å²) in [6, 6.07) is 7.90. The Bertz CT molecular complexity index is 479. The van der Waals surface area contributed by atoms with E-state index in [1.165, 1.54) is 12.7 Å². The number of carbonyl (C=O) groups excluding carboxylic acids is 1. The molecule has 0 bridgehead atoms. The summed E-state index contributed by atoms with van der Waals surface area (Å²) in [5, 5.41) is 3.12. The van der Waals surface area contributed by atoms with Crippen LogP contribution in [0.2, 0.25) is 0 Å². The molecule has 1 N–H and O–H groups in total. The second kappa shape index (κ2) is 5.83. The minimum absolute atomic E-state index is 0.00863. The highest BCUT2D eigenvalue weighted by Crippen LogP contribution is 2.27. The van der Waals surface area contributed by atoms with Crippen LogP contribution in [0.5, 0.6) is 5.75 Å². The quantitative estimate of drug-likeness (QED) is 0.861. The lowest BCUT2D eigenvalue weighted by atomic mass is 9.87. The van der Waals surface area contributed by atoms with Gasteiger partial charge in [-0.1, -0.05) is 32.9 Å². The van der Waals surface area contributed by atoms with Crippen LogP contribution < -0.4 is 10.1 Å². The van der Waals surface area contributed by atoms with Gasteiger partial charge >= 0.3 is 5.97 Å². The van der Waals surface area contributed by atoms with E-state index >= 15 is 0 Å². The summed E-state index contributed by atoms with van der Waals surface area (Å²) in [6.45, 7) is 7.20. The Hall–Kier alpha value is -1.55. The molecule has 1 aromatic carbocycles. The maximum Gasteiger partial charge on any atom is 0.323 e. The molecule has 110 valence electrons. The van der Waals surface area contributed by atoms with E-state index in [1.54, 1.807) is 0 Å². The summed E-state index contributed by atoms with van der Waals surface area (Å²) >= 11 is 0. The third-order valence-corrected chi connectivity index (χ3v) is 3.58. The number of nitrogens with one attached hydrogen (secondary N) is 1. The standard InChI is InChI=1S/C16H23NO3/c1-16(2,3)11-6-5-7-12(8-11)20-13-9-14(17-10-13)15(18)19-4/h5-8,13-14,17H,9-10H2,1-4H3. The van der Waals surface area contributed by atoms with Gasteiger partial charge in [0.25, 0.3) is 0 Å². The number of benzene rings is 1. The van der Waals surface area contributed by atoms with E-state index in [0.717, 1.165) is 5.75 Å². The van der Waals surface area contributed by atoms with Gasteiger partial charge in [0.15, 0.2) is 0 Å². The third-order valence-electron chi connectivity index (χ3n) is 3.58. The predicted octanol–water partition coefficient (Wildman–Crippen LogP) is 2.27. The predicted molar refractivity (Wildman–Crippen MR) is 78.0 cm³/mol. The Labute approximate surface area is 120 Å². The lowest BCUT2D eigenvalue weighted by Crippen LogP contribution is -2.31. The van der Waals surface area contributed by atoms with Crippen LogP contribution in [0.3, 0.4) is 0 Å². The largest absolute Gasteiger partial charge is 0.489 e. The number of carbonyl (C=O) groups is 1. The topological polar surface area (TPSA) is 47.6 Å². The van der Waals surface area contributed by atoms with Crippen LogP contribution in [-0.2, 0) is 14.9 Å². The fraction of sp³-hybridized carbons (Fsp3) is 0.562. The molecule has 1 aliphatic rings. The zero-order chi connectivity index (χ0) is 14.8. The normalized spacial score (nSPS) is 22.6. The zero-order valence-corrected chi connectivity index (χ0v) is 12.6. The van der Waals surface area contributed by atoms with Gasteiger partial charge in [-0.05, 0) is 23.1 Å². The molecule has 4 nitrogen and oxygen atoms in total. The fourth-order valence-corrected chi connectivity index (χ4v) is 2.34. The van der Waals surface area contributed by atoms with Gasteiger partial charge in [-0.3, -0.25) is 4.79 Å². The van der Waals surface area contributed by atoms with Gasteiger partial charge in [-0.25, -0.2) is 0 Å². The second-order valence-electron chi connectivity index (χ2n) is 6.24. The van der Waals surface area contributed by atoms with E-state index in [4.69, 9.17) is 9.47 Å². The smallest absolute Gasteiger partial charge is 0.323 e. The van der Waals surface area contributed by atoms with E-state index in [1.807, 2.05) is 12.1 Å². The molecule has 1 aromatic rings. The van der Waals surface area contributed by atoms with Gasteiger partial charge in [-0.2, -0.15) is 0 Å². The van der Waals surface area contributed by atoms with Crippen LogP contribution in [0.15, 0.2) is 24.3 Å². The van der Waals surface area contributed by atoms with Crippen LogP contribution in [0.25, 0.3) is 0 Å². The molecule has 0 amide bonds. The summed E-state index contributed by atoms with van der Waals surface area (Å²) in [6.07, 6.45) is 0.654. The second-order valence-corrected chi connectivity index (χ2v) is 6.24. The van der Waals surface area contributed by atoms with Gasteiger partial charge in [0.05, 0.1) is 7.11 Å². The lowest BCUT2D eigenvalue weighted by molar-refractivity contribution is -0.142. The van der Waals surface area contributed by atoms with Gasteiger partial charge < -0.3 is 14.8 Å². The van der Waals surface area contributed by atoms with Crippen LogP contribution >= 0.6 is 0 Å². The maximum atomic E-state index is 11.5. The first-order chi connectivity index (χ1) is 9.40. The summed E-state index contributed by atoms with van der Waals surface area (Å²) in [4.78, 5) is 11.5. The maximum absolute atomic E-state index is 11.5. The molecule has 0 spiro atoms. The first-order valence-corrected chi connectivity index (χ1v) is 6.98. The van der Waals surface area contributed by atoms with Crippen molar-refractivity contribution in [3.63, 3.8) is 0 Å². The number of hydrogen-bond donors (Lipinski definition) is 1. The minimum atomic E-state index is -0.254.